The summed E-state index contributed by atoms with van der Waals surface area (Å²) in [7, 11) is 0. The van der Waals surface area contributed by atoms with Crippen LogP contribution in [0.1, 0.15) is 53.4 Å². The molecule has 0 saturated carbocycles. The molecule has 4 nitrogen and oxygen atoms in total. The maximum atomic E-state index is 9.72. The van der Waals surface area contributed by atoms with Gasteiger partial charge in [-0.25, -0.2) is 0 Å². The van der Waals surface area contributed by atoms with Gasteiger partial charge in [-0.05, 0) is 53.4 Å². The second kappa shape index (κ2) is 5.91. The summed E-state index contributed by atoms with van der Waals surface area (Å²) in [5.41, 5.74) is 0.292. The zero-order valence-corrected chi connectivity index (χ0v) is 13.6. The number of likely N-dealkylation sites (tertiary alicyclic amines) is 2. The number of hydrogen-bond acceptors (Lipinski definition) is 4. The molecule has 0 bridgehead atoms. The highest BCUT2D eigenvalue weighted by Crippen LogP contribution is 2.32. The van der Waals surface area contributed by atoms with Crippen LogP contribution in [-0.4, -0.2) is 69.5 Å². The van der Waals surface area contributed by atoms with Crippen molar-refractivity contribution < 1.29 is 10.2 Å². The van der Waals surface area contributed by atoms with Crippen molar-refractivity contribution >= 4 is 0 Å². The number of aliphatic hydroxyl groups is 2. The van der Waals surface area contributed by atoms with E-state index in [9.17, 15) is 10.2 Å². The van der Waals surface area contributed by atoms with E-state index in [0.29, 0.717) is 0 Å². The summed E-state index contributed by atoms with van der Waals surface area (Å²) in [5, 5.41) is 19.4. The van der Waals surface area contributed by atoms with Crippen molar-refractivity contribution in [3.63, 3.8) is 0 Å². The smallest absolute Gasteiger partial charge is 0.0679 e. The third-order valence-electron chi connectivity index (χ3n) is 5.39. The van der Waals surface area contributed by atoms with E-state index in [0.717, 1.165) is 51.9 Å². The molecule has 2 atom stereocenters. The van der Waals surface area contributed by atoms with E-state index in [2.05, 4.69) is 37.5 Å². The largest absolute Gasteiger partial charge is 0.392 e. The molecule has 2 N–H and O–H groups in total. The molecule has 2 fully saturated rings. The average Bonchev–Trinajstić information content (AvgIpc) is 2.96. The van der Waals surface area contributed by atoms with Gasteiger partial charge in [-0.15, -0.1) is 0 Å². The fourth-order valence-electron chi connectivity index (χ4n) is 3.51. The summed E-state index contributed by atoms with van der Waals surface area (Å²) >= 11 is 0. The summed E-state index contributed by atoms with van der Waals surface area (Å²) in [6.07, 6.45) is 3.78. The van der Waals surface area contributed by atoms with Gasteiger partial charge in [0.05, 0.1) is 12.2 Å². The minimum Gasteiger partial charge on any atom is -0.392 e. The van der Waals surface area contributed by atoms with Crippen molar-refractivity contribution in [2.75, 3.05) is 26.2 Å². The average molecular weight is 284 g/mol. The fraction of sp³-hybridized carbons (Fsp3) is 1.00. The Morgan fingerprint density at radius 2 is 1.15 bits per heavy atom. The van der Waals surface area contributed by atoms with Crippen molar-refractivity contribution in [3.8, 4) is 0 Å². The Balaban J connectivity index is 1.86. The summed E-state index contributed by atoms with van der Waals surface area (Å²) in [6, 6.07) is 0. The van der Waals surface area contributed by atoms with Gasteiger partial charge < -0.3 is 10.2 Å². The molecule has 20 heavy (non-hydrogen) atoms. The van der Waals surface area contributed by atoms with Gasteiger partial charge in [0.15, 0.2) is 0 Å². The molecule has 0 aromatic rings. The van der Waals surface area contributed by atoms with Crippen molar-refractivity contribution in [1.82, 2.24) is 9.80 Å². The Labute approximate surface area is 123 Å². The number of aliphatic hydroxyl groups excluding tert-OH is 2. The second-order valence-corrected chi connectivity index (χ2v) is 7.90. The van der Waals surface area contributed by atoms with Crippen LogP contribution in [0, 0.1) is 0 Å². The van der Waals surface area contributed by atoms with Crippen molar-refractivity contribution in [1.29, 1.82) is 0 Å². The van der Waals surface area contributed by atoms with Crippen LogP contribution in [0.4, 0.5) is 0 Å². The Morgan fingerprint density at radius 3 is 1.40 bits per heavy atom. The first-order valence-corrected chi connectivity index (χ1v) is 8.07. The van der Waals surface area contributed by atoms with Gasteiger partial charge in [0, 0.05) is 37.3 Å². The van der Waals surface area contributed by atoms with Crippen LogP contribution in [0.15, 0.2) is 0 Å². The highest BCUT2D eigenvalue weighted by atomic mass is 16.3. The molecule has 0 amide bonds. The lowest BCUT2D eigenvalue weighted by molar-refractivity contribution is 0.0720. The predicted octanol–water partition coefficient (Wildman–Crippen LogP) is 1.46. The zero-order chi connectivity index (χ0) is 15.0. The van der Waals surface area contributed by atoms with Gasteiger partial charge in [-0.1, -0.05) is 0 Å². The molecule has 2 heterocycles. The molecule has 2 rings (SSSR count). The molecular formula is C16H32N2O2. The van der Waals surface area contributed by atoms with Crippen LogP contribution in [-0.2, 0) is 0 Å². The van der Waals surface area contributed by atoms with Gasteiger partial charge in [-0.3, -0.25) is 9.80 Å². The minimum absolute atomic E-state index is 0.143. The Bertz CT molecular complexity index is 298. The van der Waals surface area contributed by atoms with E-state index in [1.165, 1.54) is 0 Å². The van der Waals surface area contributed by atoms with E-state index in [1.807, 2.05) is 0 Å². The SMILES string of the molecule is CC(C)(CCC(C)(C)N1CC[C@H](O)C1)N1CC[C@@H](O)C1. The minimum atomic E-state index is -0.143. The summed E-state index contributed by atoms with van der Waals surface area (Å²) < 4.78 is 0. The second-order valence-electron chi connectivity index (χ2n) is 7.90. The number of β-amino-alcohol motifs (C(OH)–C–C–N with tert-alkyl or cyclic N) is 2. The molecule has 2 saturated heterocycles. The van der Waals surface area contributed by atoms with Gasteiger partial charge in [0.25, 0.3) is 0 Å². The first-order chi connectivity index (χ1) is 9.21. The Morgan fingerprint density at radius 1 is 0.800 bits per heavy atom. The highest BCUT2D eigenvalue weighted by Gasteiger charge is 2.37. The molecule has 4 heteroatoms. The summed E-state index contributed by atoms with van der Waals surface area (Å²) in [4.78, 5) is 4.85. The number of hydrogen-bond donors (Lipinski definition) is 2. The quantitative estimate of drug-likeness (QED) is 0.802. The van der Waals surface area contributed by atoms with E-state index >= 15 is 0 Å². The van der Waals surface area contributed by atoms with Crippen LogP contribution in [0.5, 0.6) is 0 Å². The molecular weight excluding hydrogens is 252 g/mol. The predicted molar refractivity (Wildman–Crippen MR) is 81.8 cm³/mol. The first kappa shape index (κ1) is 16.2. The standard InChI is InChI=1S/C16H32N2O2/c1-15(2,17-9-5-13(19)11-17)7-8-16(3,4)18-10-6-14(20)12-18/h13-14,19-20H,5-12H2,1-4H3/t13-,14+. The third kappa shape index (κ3) is 3.73. The lowest BCUT2D eigenvalue weighted by Gasteiger charge is -2.41. The maximum absolute atomic E-state index is 9.72. The topological polar surface area (TPSA) is 46.9 Å². The van der Waals surface area contributed by atoms with E-state index in [-0.39, 0.29) is 23.3 Å². The molecule has 0 aliphatic carbocycles. The maximum Gasteiger partial charge on any atom is 0.0679 e. The summed E-state index contributed by atoms with van der Waals surface area (Å²) in [5.74, 6) is 0. The Kier molecular flexibility index (Phi) is 4.80. The summed E-state index contributed by atoms with van der Waals surface area (Å²) in [6.45, 7) is 12.8. The number of rotatable bonds is 5. The monoisotopic (exact) mass is 284 g/mol. The normalized spacial score (nSPS) is 30.3. The van der Waals surface area contributed by atoms with E-state index in [4.69, 9.17) is 0 Å². The fourth-order valence-corrected chi connectivity index (χ4v) is 3.51. The van der Waals surface area contributed by atoms with E-state index in [1.54, 1.807) is 0 Å². The van der Waals surface area contributed by atoms with Crippen LogP contribution < -0.4 is 0 Å². The molecule has 2 aliphatic rings. The third-order valence-corrected chi connectivity index (χ3v) is 5.39. The Hall–Kier alpha value is -0.160. The lowest BCUT2D eigenvalue weighted by Crippen LogP contribution is -2.47. The lowest BCUT2D eigenvalue weighted by atomic mass is 9.87. The van der Waals surface area contributed by atoms with Crippen LogP contribution in [0.3, 0.4) is 0 Å². The molecule has 2 aliphatic heterocycles. The van der Waals surface area contributed by atoms with Crippen LogP contribution >= 0.6 is 0 Å². The molecule has 118 valence electrons. The van der Waals surface area contributed by atoms with Gasteiger partial charge in [0.2, 0.25) is 0 Å². The van der Waals surface area contributed by atoms with Crippen molar-refractivity contribution in [2.24, 2.45) is 0 Å². The number of nitrogens with zero attached hydrogens (tertiary/aromatic N) is 2. The van der Waals surface area contributed by atoms with Gasteiger partial charge >= 0.3 is 0 Å². The molecule has 0 aromatic carbocycles. The van der Waals surface area contributed by atoms with Gasteiger partial charge in [-0.2, -0.15) is 0 Å². The zero-order valence-electron chi connectivity index (χ0n) is 13.6. The molecule has 0 aromatic heterocycles. The van der Waals surface area contributed by atoms with Crippen molar-refractivity contribution in [3.05, 3.63) is 0 Å². The van der Waals surface area contributed by atoms with E-state index < -0.39 is 0 Å². The molecule has 0 radical (unpaired) electrons. The van der Waals surface area contributed by atoms with Crippen LogP contribution in [0.2, 0.25) is 0 Å². The highest BCUT2D eigenvalue weighted by molar-refractivity contribution is 4.93. The molecule has 0 unspecified atom stereocenters. The van der Waals surface area contributed by atoms with Crippen molar-refractivity contribution in [2.45, 2.75) is 76.7 Å². The van der Waals surface area contributed by atoms with Gasteiger partial charge in [0.1, 0.15) is 0 Å². The molecule has 0 spiro atoms. The van der Waals surface area contributed by atoms with Crippen LogP contribution in [0.25, 0.3) is 0 Å². The first-order valence-electron chi connectivity index (χ1n) is 8.07.